The summed E-state index contributed by atoms with van der Waals surface area (Å²) in [4.78, 5) is 29.4. The molecule has 0 fully saturated rings. The van der Waals surface area contributed by atoms with Gasteiger partial charge < -0.3 is 19.4 Å². The molecule has 0 saturated carbocycles. The normalized spacial score (nSPS) is 15.6. The van der Waals surface area contributed by atoms with Gasteiger partial charge >= 0.3 is 5.97 Å². The molecule has 7 nitrogen and oxygen atoms in total. The van der Waals surface area contributed by atoms with Crippen LogP contribution in [-0.4, -0.2) is 21.2 Å². The standard InChI is InChI=1S/C23H15NO6/c25-14-3-1-12(2-4-14)16-11-29-23-20-15(13-5-7-24-8-6-13)9-19(27)30-18(20)10-17(26)21(23)22(16)28/h1-8,10-11,15,25-26H,9H2/t15-/m0/s1. The summed E-state index contributed by atoms with van der Waals surface area (Å²) in [5.74, 6) is -0.941. The Labute approximate surface area is 169 Å². The molecule has 7 heteroatoms. The van der Waals surface area contributed by atoms with E-state index in [-0.39, 0.29) is 40.2 Å². The summed E-state index contributed by atoms with van der Waals surface area (Å²) in [6.07, 6.45) is 4.63. The smallest absolute Gasteiger partial charge is 0.312 e. The monoisotopic (exact) mass is 401 g/mol. The SMILES string of the molecule is O=C1C[C@@H](c2ccncc2)c2c(cc(O)c3c(=O)c(-c4ccc(O)cc4)coc23)O1. The Kier molecular flexibility index (Phi) is 4.03. The second-order valence-corrected chi connectivity index (χ2v) is 7.05. The van der Waals surface area contributed by atoms with Crippen LogP contribution in [-0.2, 0) is 4.79 Å². The van der Waals surface area contributed by atoms with Crippen LogP contribution in [0.25, 0.3) is 22.1 Å². The first-order chi connectivity index (χ1) is 14.5. The maximum atomic E-state index is 13.2. The number of aromatic hydroxyl groups is 2. The van der Waals surface area contributed by atoms with Crippen LogP contribution in [0.5, 0.6) is 17.2 Å². The summed E-state index contributed by atoms with van der Waals surface area (Å²) in [7, 11) is 0. The van der Waals surface area contributed by atoms with Crippen molar-refractivity contribution >= 4 is 16.9 Å². The Bertz CT molecular complexity index is 1340. The fourth-order valence-corrected chi connectivity index (χ4v) is 3.85. The third-order valence-electron chi connectivity index (χ3n) is 5.26. The fourth-order valence-electron chi connectivity index (χ4n) is 3.85. The van der Waals surface area contributed by atoms with Gasteiger partial charge in [0.15, 0.2) is 0 Å². The molecule has 2 aromatic carbocycles. The van der Waals surface area contributed by atoms with E-state index < -0.39 is 17.3 Å². The van der Waals surface area contributed by atoms with Gasteiger partial charge in [-0.05, 0) is 35.4 Å². The molecule has 0 amide bonds. The number of hydrogen-bond acceptors (Lipinski definition) is 7. The first-order valence-electron chi connectivity index (χ1n) is 9.24. The number of carbonyl (C=O) groups excluding carboxylic acids is 1. The highest BCUT2D eigenvalue weighted by Crippen LogP contribution is 2.45. The summed E-state index contributed by atoms with van der Waals surface area (Å²) in [5.41, 5.74) is 1.88. The van der Waals surface area contributed by atoms with Crippen LogP contribution in [0.1, 0.15) is 23.5 Å². The summed E-state index contributed by atoms with van der Waals surface area (Å²) in [6, 6.07) is 11.0. The first kappa shape index (κ1) is 17.9. The van der Waals surface area contributed by atoms with Crippen LogP contribution in [0.3, 0.4) is 0 Å². The maximum Gasteiger partial charge on any atom is 0.312 e. The van der Waals surface area contributed by atoms with Crippen molar-refractivity contribution in [1.82, 2.24) is 4.98 Å². The third-order valence-corrected chi connectivity index (χ3v) is 5.26. The molecule has 4 aromatic rings. The minimum Gasteiger partial charge on any atom is -0.508 e. The number of pyridine rings is 1. The number of aromatic nitrogens is 1. The number of ether oxygens (including phenoxy) is 1. The van der Waals surface area contributed by atoms with Gasteiger partial charge in [-0.1, -0.05) is 12.1 Å². The highest BCUT2D eigenvalue weighted by atomic mass is 16.5. The van der Waals surface area contributed by atoms with Gasteiger partial charge in [-0.3, -0.25) is 14.6 Å². The second-order valence-electron chi connectivity index (χ2n) is 7.05. The summed E-state index contributed by atoms with van der Waals surface area (Å²) in [5, 5.41) is 20.1. The Morgan fingerprint density at radius 1 is 1.00 bits per heavy atom. The third kappa shape index (κ3) is 2.79. The van der Waals surface area contributed by atoms with Crippen LogP contribution in [0.2, 0.25) is 0 Å². The number of carbonyl (C=O) groups is 1. The van der Waals surface area contributed by atoms with Crippen molar-refractivity contribution in [1.29, 1.82) is 0 Å². The lowest BCUT2D eigenvalue weighted by atomic mass is 9.85. The Balaban J connectivity index is 1.79. The molecule has 2 aromatic heterocycles. The summed E-state index contributed by atoms with van der Waals surface area (Å²) in [6.45, 7) is 0. The van der Waals surface area contributed by atoms with E-state index in [0.29, 0.717) is 11.1 Å². The van der Waals surface area contributed by atoms with E-state index >= 15 is 0 Å². The lowest BCUT2D eigenvalue weighted by Gasteiger charge is -2.25. The van der Waals surface area contributed by atoms with E-state index in [2.05, 4.69) is 4.98 Å². The molecule has 0 radical (unpaired) electrons. The van der Waals surface area contributed by atoms with Crippen LogP contribution in [0.15, 0.2) is 70.3 Å². The van der Waals surface area contributed by atoms with Gasteiger partial charge in [0.05, 0.1) is 12.0 Å². The van der Waals surface area contributed by atoms with Gasteiger partial charge in [0, 0.05) is 29.9 Å². The number of phenols is 2. The molecule has 0 bridgehead atoms. The van der Waals surface area contributed by atoms with E-state index in [4.69, 9.17) is 9.15 Å². The van der Waals surface area contributed by atoms with E-state index in [1.807, 2.05) is 0 Å². The largest absolute Gasteiger partial charge is 0.508 e. The summed E-state index contributed by atoms with van der Waals surface area (Å²) >= 11 is 0. The lowest BCUT2D eigenvalue weighted by molar-refractivity contribution is -0.135. The second kappa shape index (κ2) is 6.73. The van der Waals surface area contributed by atoms with Crippen LogP contribution >= 0.6 is 0 Å². The van der Waals surface area contributed by atoms with Crippen LogP contribution < -0.4 is 10.2 Å². The molecule has 1 aliphatic rings. The zero-order chi connectivity index (χ0) is 20.8. The Morgan fingerprint density at radius 3 is 2.47 bits per heavy atom. The number of rotatable bonds is 2. The van der Waals surface area contributed by atoms with Gasteiger partial charge in [-0.2, -0.15) is 0 Å². The summed E-state index contributed by atoms with van der Waals surface area (Å²) < 4.78 is 11.2. The number of esters is 1. The maximum absolute atomic E-state index is 13.2. The molecule has 3 heterocycles. The minimum absolute atomic E-state index is 0.0105. The molecule has 5 rings (SSSR count). The van der Waals surface area contributed by atoms with Crippen molar-refractivity contribution in [2.75, 3.05) is 0 Å². The molecule has 0 unspecified atom stereocenters. The van der Waals surface area contributed by atoms with Crippen molar-refractivity contribution in [3.63, 3.8) is 0 Å². The highest BCUT2D eigenvalue weighted by molar-refractivity contribution is 5.94. The molecule has 0 saturated heterocycles. The van der Waals surface area contributed by atoms with Crippen molar-refractivity contribution < 1.29 is 24.2 Å². The first-order valence-corrected chi connectivity index (χ1v) is 9.24. The van der Waals surface area contributed by atoms with E-state index in [9.17, 15) is 19.8 Å². The minimum atomic E-state index is -0.439. The molecule has 0 aliphatic carbocycles. The molecule has 148 valence electrons. The van der Waals surface area contributed by atoms with Gasteiger partial charge in [0.2, 0.25) is 5.43 Å². The predicted molar refractivity (Wildman–Crippen MR) is 108 cm³/mol. The zero-order valence-electron chi connectivity index (χ0n) is 15.5. The quantitative estimate of drug-likeness (QED) is 0.389. The molecule has 30 heavy (non-hydrogen) atoms. The number of benzene rings is 2. The highest BCUT2D eigenvalue weighted by Gasteiger charge is 2.33. The van der Waals surface area contributed by atoms with E-state index in [0.717, 1.165) is 5.56 Å². The number of phenolic OH excluding ortho intramolecular Hbond substituents is 2. The van der Waals surface area contributed by atoms with Gasteiger partial charge in [0.25, 0.3) is 0 Å². The Morgan fingerprint density at radius 2 is 1.73 bits per heavy atom. The average molecular weight is 401 g/mol. The topological polar surface area (TPSA) is 110 Å². The van der Waals surface area contributed by atoms with Gasteiger partial charge in [0.1, 0.15) is 34.5 Å². The fraction of sp³-hybridized carbons (Fsp3) is 0.0870. The van der Waals surface area contributed by atoms with E-state index in [1.54, 1.807) is 36.7 Å². The molecule has 1 atom stereocenters. The molecular formula is C23H15NO6. The van der Waals surface area contributed by atoms with Crippen molar-refractivity contribution in [3.8, 4) is 28.4 Å². The number of fused-ring (bicyclic) bond motifs is 3. The van der Waals surface area contributed by atoms with Crippen molar-refractivity contribution in [2.45, 2.75) is 12.3 Å². The average Bonchev–Trinajstić information content (AvgIpc) is 2.74. The van der Waals surface area contributed by atoms with Crippen molar-refractivity contribution in [2.24, 2.45) is 0 Å². The zero-order valence-corrected chi connectivity index (χ0v) is 15.5. The Hall–Kier alpha value is -4.13. The lowest BCUT2D eigenvalue weighted by Crippen LogP contribution is -2.22. The predicted octanol–water partition coefficient (Wildman–Crippen LogP) is 3.71. The number of nitrogens with zero attached hydrogens (tertiary/aromatic N) is 1. The van der Waals surface area contributed by atoms with Gasteiger partial charge in [-0.25, -0.2) is 0 Å². The van der Waals surface area contributed by atoms with Gasteiger partial charge in [-0.15, -0.1) is 0 Å². The molecular weight excluding hydrogens is 386 g/mol. The number of hydrogen-bond donors (Lipinski definition) is 2. The van der Waals surface area contributed by atoms with E-state index in [1.165, 1.54) is 24.5 Å². The van der Waals surface area contributed by atoms with Crippen LogP contribution in [0, 0.1) is 0 Å². The van der Waals surface area contributed by atoms with Crippen LogP contribution in [0.4, 0.5) is 0 Å². The molecule has 0 spiro atoms. The molecule has 2 N–H and O–H groups in total. The van der Waals surface area contributed by atoms with Crippen molar-refractivity contribution in [3.05, 3.63) is 82.5 Å². The molecule has 1 aliphatic heterocycles.